The molecule has 0 bridgehead atoms. The van der Waals surface area contributed by atoms with Crippen molar-refractivity contribution in [3.8, 4) is 0 Å². The van der Waals surface area contributed by atoms with Crippen LogP contribution in [0.5, 0.6) is 0 Å². The van der Waals surface area contributed by atoms with E-state index in [1.807, 2.05) is 13.8 Å². The first kappa shape index (κ1) is 19.9. The van der Waals surface area contributed by atoms with Crippen LogP contribution in [-0.2, 0) is 18.3 Å². The normalized spacial score (nSPS) is 20.9. The largest absolute Gasteiger partial charge is 0.0955 e. The van der Waals surface area contributed by atoms with E-state index in [0.717, 1.165) is 17.3 Å². The molecule has 0 aliphatic heterocycles. The van der Waals surface area contributed by atoms with E-state index in [4.69, 9.17) is 0 Å². The smallest absolute Gasteiger partial charge is 0.0178 e. The molecule has 0 spiro atoms. The van der Waals surface area contributed by atoms with Gasteiger partial charge in [-0.25, -0.2) is 0 Å². The minimum atomic E-state index is 0.0143. The van der Waals surface area contributed by atoms with Gasteiger partial charge in [-0.05, 0) is 65.3 Å². The summed E-state index contributed by atoms with van der Waals surface area (Å²) in [4.78, 5) is 0. The van der Waals surface area contributed by atoms with Gasteiger partial charge in [-0.15, -0.1) is 0 Å². The van der Waals surface area contributed by atoms with Crippen molar-refractivity contribution in [2.75, 3.05) is 0 Å². The van der Waals surface area contributed by atoms with Gasteiger partial charge in [-0.1, -0.05) is 97.8 Å². The lowest BCUT2D eigenvalue weighted by atomic mass is 9.81. The van der Waals surface area contributed by atoms with Crippen LogP contribution in [0.25, 0.3) is 5.57 Å². The first-order chi connectivity index (χ1) is 12.9. The second-order valence-electron chi connectivity index (χ2n) is 7.80. The third-order valence-corrected chi connectivity index (χ3v) is 6.06. The summed E-state index contributed by atoms with van der Waals surface area (Å²) >= 11 is 3.64. The quantitative estimate of drug-likeness (QED) is 0.408. The summed E-state index contributed by atoms with van der Waals surface area (Å²) in [6.45, 7) is 15.2. The maximum atomic E-state index is 4.37. The Morgan fingerprint density at radius 2 is 1.74 bits per heavy atom. The van der Waals surface area contributed by atoms with E-state index in [9.17, 15) is 0 Å². The molecule has 140 valence electrons. The average molecular weight is 421 g/mol. The van der Waals surface area contributed by atoms with Crippen LogP contribution in [0.1, 0.15) is 55.5 Å². The van der Waals surface area contributed by atoms with Crippen molar-refractivity contribution in [1.82, 2.24) is 0 Å². The molecule has 4 rings (SSSR count). The lowest BCUT2D eigenvalue weighted by Crippen LogP contribution is -2.15. The number of aryl methyl sites for hydroxylation is 1. The van der Waals surface area contributed by atoms with Gasteiger partial charge < -0.3 is 0 Å². The second-order valence-corrected chi connectivity index (χ2v) is 8.72. The van der Waals surface area contributed by atoms with Crippen molar-refractivity contribution in [2.24, 2.45) is 0 Å². The van der Waals surface area contributed by atoms with Crippen LogP contribution in [0.3, 0.4) is 0 Å². The summed E-state index contributed by atoms with van der Waals surface area (Å²) in [6, 6.07) is 13.5. The first-order valence-electron chi connectivity index (χ1n) is 9.85. The van der Waals surface area contributed by atoms with E-state index >= 15 is 0 Å². The number of halogens is 1. The van der Waals surface area contributed by atoms with Gasteiger partial charge in [0.1, 0.15) is 0 Å². The molecule has 0 amide bonds. The van der Waals surface area contributed by atoms with E-state index in [1.165, 1.54) is 44.5 Å². The predicted octanol–water partition coefficient (Wildman–Crippen LogP) is 7.74. The van der Waals surface area contributed by atoms with Gasteiger partial charge in [0.05, 0.1) is 0 Å². The van der Waals surface area contributed by atoms with Gasteiger partial charge in [0.2, 0.25) is 0 Å². The molecule has 0 unspecified atom stereocenters. The zero-order valence-electron chi connectivity index (χ0n) is 17.1. The van der Waals surface area contributed by atoms with Crippen molar-refractivity contribution in [2.45, 2.75) is 52.9 Å². The molecule has 2 aliphatic carbocycles. The summed E-state index contributed by atoms with van der Waals surface area (Å²) in [6.07, 6.45) is 6.65. The summed E-state index contributed by atoms with van der Waals surface area (Å²) < 4.78 is 1.15. The number of hydrogen-bond donors (Lipinski definition) is 0. The van der Waals surface area contributed by atoms with Crippen molar-refractivity contribution >= 4 is 21.5 Å². The van der Waals surface area contributed by atoms with Crippen molar-refractivity contribution in [3.05, 3.63) is 98.6 Å². The van der Waals surface area contributed by atoms with E-state index < -0.39 is 0 Å². The van der Waals surface area contributed by atoms with Gasteiger partial charge in [-0.2, -0.15) is 0 Å². The Balaban J connectivity index is 0.00000102. The van der Waals surface area contributed by atoms with Crippen molar-refractivity contribution < 1.29 is 0 Å². The predicted molar refractivity (Wildman–Crippen MR) is 122 cm³/mol. The molecule has 0 aromatic heterocycles. The Kier molecular flexibility index (Phi) is 5.63. The fourth-order valence-corrected chi connectivity index (χ4v) is 4.61. The standard InChI is InChI=1S/C24H23Br.C2H6/c1-15-5-6-17-7-10-22-21(13-16(2)12-18(17)11-15)20-9-8-19(25)14-23(20)24(22,3)4;1-2/h5-6,8-11,13-14H,2,7,12H2,1,3-4H3;1-2H3/b21-13-,22-10+;. The average Bonchev–Trinajstić information content (AvgIpc) is 2.86. The van der Waals surface area contributed by atoms with E-state index in [1.54, 1.807) is 0 Å². The number of benzene rings is 2. The Labute approximate surface area is 172 Å². The number of hydrogen-bond acceptors (Lipinski definition) is 0. The Morgan fingerprint density at radius 3 is 2.48 bits per heavy atom. The van der Waals surface area contributed by atoms with Crippen LogP contribution in [0, 0.1) is 6.92 Å². The molecule has 0 fully saturated rings. The molecule has 2 aromatic rings. The van der Waals surface area contributed by atoms with Gasteiger partial charge in [0, 0.05) is 9.89 Å². The topological polar surface area (TPSA) is 0 Å². The minimum absolute atomic E-state index is 0.0143. The molecule has 27 heavy (non-hydrogen) atoms. The number of fused-ring (bicyclic) bond motifs is 4. The van der Waals surface area contributed by atoms with Crippen LogP contribution < -0.4 is 0 Å². The highest BCUT2D eigenvalue weighted by Gasteiger charge is 2.38. The summed E-state index contributed by atoms with van der Waals surface area (Å²) in [7, 11) is 0. The molecular formula is C26H29Br. The highest BCUT2D eigenvalue weighted by atomic mass is 79.9. The maximum absolute atomic E-state index is 4.37. The fraction of sp³-hybridized carbons (Fsp3) is 0.308. The maximum Gasteiger partial charge on any atom is 0.0178 e. The SMILES string of the molecule is C=C1/C=C2\C(=C/Cc3ccc(C)cc3C1)C(C)(C)c1cc(Br)ccc12.CC. The van der Waals surface area contributed by atoms with E-state index in [-0.39, 0.29) is 5.41 Å². The molecule has 0 atom stereocenters. The van der Waals surface area contributed by atoms with E-state index in [0.29, 0.717) is 0 Å². The third kappa shape index (κ3) is 3.62. The molecule has 0 radical (unpaired) electrons. The van der Waals surface area contributed by atoms with Gasteiger partial charge in [0.15, 0.2) is 0 Å². The highest BCUT2D eigenvalue weighted by Crippen LogP contribution is 2.51. The second kappa shape index (κ2) is 7.64. The molecular weight excluding hydrogens is 392 g/mol. The lowest BCUT2D eigenvalue weighted by molar-refractivity contribution is 0.657. The summed E-state index contributed by atoms with van der Waals surface area (Å²) in [5.74, 6) is 0. The summed E-state index contributed by atoms with van der Waals surface area (Å²) in [5, 5.41) is 0. The Hall–Kier alpha value is -1.86. The molecule has 0 saturated heterocycles. The molecule has 2 aromatic carbocycles. The van der Waals surface area contributed by atoms with Crippen molar-refractivity contribution in [1.29, 1.82) is 0 Å². The first-order valence-corrected chi connectivity index (χ1v) is 10.6. The fourth-order valence-electron chi connectivity index (χ4n) is 4.25. The van der Waals surface area contributed by atoms with Crippen LogP contribution in [-0.4, -0.2) is 0 Å². The van der Waals surface area contributed by atoms with Crippen LogP contribution in [0.15, 0.2) is 70.7 Å². The summed E-state index contributed by atoms with van der Waals surface area (Å²) in [5.41, 5.74) is 10.9. The lowest BCUT2D eigenvalue weighted by Gasteiger charge is -2.22. The highest BCUT2D eigenvalue weighted by molar-refractivity contribution is 9.10. The third-order valence-electron chi connectivity index (χ3n) is 5.56. The van der Waals surface area contributed by atoms with Crippen molar-refractivity contribution in [3.63, 3.8) is 0 Å². The molecule has 0 N–H and O–H groups in total. The van der Waals surface area contributed by atoms with Gasteiger partial charge >= 0.3 is 0 Å². The van der Waals surface area contributed by atoms with Crippen LogP contribution in [0.2, 0.25) is 0 Å². The molecule has 1 heteroatoms. The number of allylic oxidation sites excluding steroid dienone is 5. The van der Waals surface area contributed by atoms with Crippen LogP contribution in [0.4, 0.5) is 0 Å². The Bertz CT molecular complexity index is 954. The van der Waals surface area contributed by atoms with Gasteiger partial charge in [0.25, 0.3) is 0 Å². The Morgan fingerprint density at radius 1 is 1.00 bits per heavy atom. The minimum Gasteiger partial charge on any atom is -0.0955 e. The van der Waals surface area contributed by atoms with E-state index in [2.05, 4.69) is 91.8 Å². The molecule has 2 aliphatic rings. The molecule has 0 heterocycles. The monoisotopic (exact) mass is 420 g/mol. The zero-order chi connectivity index (χ0) is 19.8. The zero-order valence-corrected chi connectivity index (χ0v) is 18.7. The molecule has 0 nitrogen and oxygen atoms in total. The molecule has 0 saturated carbocycles. The number of rotatable bonds is 0. The van der Waals surface area contributed by atoms with Gasteiger partial charge in [-0.3, -0.25) is 0 Å². The van der Waals surface area contributed by atoms with Crippen LogP contribution >= 0.6 is 15.9 Å².